The highest BCUT2D eigenvalue weighted by Crippen LogP contribution is 2.23. The maximum absolute atomic E-state index is 12.2. The second-order valence-corrected chi connectivity index (χ2v) is 9.03. The summed E-state index contributed by atoms with van der Waals surface area (Å²) in [6.45, 7) is 7.03. The summed E-state index contributed by atoms with van der Waals surface area (Å²) in [4.78, 5) is 24.1. The van der Waals surface area contributed by atoms with E-state index in [4.69, 9.17) is 0 Å². The Kier molecular flexibility index (Phi) is 7.65. The molecule has 1 aromatic carbocycles. The second-order valence-electron chi connectivity index (χ2n) is 8.12. The van der Waals surface area contributed by atoms with Crippen LogP contribution in [-0.2, 0) is 4.79 Å². The summed E-state index contributed by atoms with van der Waals surface area (Å²) in [6.07, 6.45) is 4.22. The third-order valence-electron chi connectivity index (χ3n) is 4.55. The van der Waals surface area contributed by atoms with E-state index in [0.717, 1.165) is 30.2 Å². The number of hydrogen-bond donors (Lipinski definition) is 3. The Morgan fingerprint density at radius 1 is 1.15 bits per heavy atom. The first-order valence-corrected chi connectivity index (χ1v) is 10.1. The number of nitrogens with one attached hydrogen (secondary N) is 3. The molecule has 1 aliphatic carbocycles. The first-order chi connectivity index (χ1) is 12.2. The van der Waals surface area contributed by atoms with Gasteiger partial charge in [-0.2, -0.15) is 0 Å². The molecule has 144 valence electrons. The summed E-state index contributed by atoms with van der Waals surface area (Å²) in [5.41, 5.74) is 0.489. The third-order valence-corrected chi connectivity index (χ3v) is 5.04. The third kappa shape index (κ3) is 7.46. The molecule has 5 nitrogen and oxygen atoms in total. The number of hydrogen-bond acceptors (Lipinski definition) is 3. The highest BCUT2D eigenvalue weighted by Gasteiger charge is 2.22. The lowest BCUT2D eigenvalue weighted by Gasteiger charge is -2.29. The standard InChI is InChI=1S/C20H30BrN3O2/c1-20(2,3)24-18(25)13-22-17-9-7-14(8-10-17)12-23-19(26)15-5-4-6-16(21)11-15/h4-6,11,14,17,22H,7-10,12-13H2,1-3H3,(H,23,26)(H,24,25)/t14-,17+. The van der Waals surface area contributed by atoms with Gasteiger partial charge in [0.25, 0.3) is 5.91 Å². The Hall–Kier alpha value is -1.40. The van der Waals surface area contributed by atoms with E-state index in [0.29, 0.717) is 30.6 Å². The Morgan fingerprint density at radius 2 is 1.85 bits per heavy atom. The number of carbonyl (C=O) groups is 2. The fourth-order valence-electron chi connectivity index (χ4n) is 3.24. The molecule has 0 atom stereocenters. The predicted octanol–water partition coefficient (Wildman–Crippen LogP) is 3.24. The van der Waals surface area contributed by atoms with Crippen molar-refractivity contribution < 1.29 is 9.59 Å². The van der Waals surface area contributed by atoms with Gasteiger partial charge in [0.15, 0.2) is 0 Å². The van der Waals surface area contributed by atoms with Gasteiger partial charge in [-0.1, -0.05) is 22.0 Å². The maximum Gasteiger partial charge on any atom is 0.251 e. The summed E-state index contributed by atoms with van der Waals surface area (Å²) in [6, 6.07) is 7.82. The molecule has 1 aromatic rings. The van der Waals surface area contributed by atoms with Gasteiger partial charge in [0.1, 0.15) is 0 Å². The zero-order valence-corrected chi connectivity index (χ0v) is 17.5. The quantitative estimate of drug-likeness (QED) is 0.657. The van der Waals surface area contributed by atoms with Gasteiger partial charge in [0, 0.05) is 28.2 Å². The molecule has 0 unspecified atom stereocenters. The maximum atomic E-state index is 12.2. The van der Waals surface area contributed by atoms with E-state index in [1.807, 2.05) is 45.0 Å². The summed E-state index contributed by atoms with van der Waals surface area (Å²) < 4.78 is 0.909. The molecule has 0 saturated heterocycles. The highest BCUT2D eigenvalue weighted by atomic mass is 79.9. The van der Waals surface area contributed by atoms with E-state index in [-0.39, 0.29) is 17.4 Å². The van der Waals surface area contributed by atoms with Crippen LogP contribution in [0.2, 0.25) is 0 Å². The van der Waals surface area contributed by atoms with Crippen molar-refractivity contribution in [2.75, 3.05) is 13.1 Å². The van der Waals surface area contributed by atoms with E-state index in [2.05, 4.69) is 31.9 Å². The van der Waals surface area contributed by atoms with E-state index >= 15 is 0 Å². The van der Waals surface area contributed by atoms with Crippen LogP contribution in [0.5, 0.6) is 0 Å². The molecule has 2 amide bonds. The van der Waals surface area contributed by atoms with Crippen molar-refractivity contribution in [3.8, 4) is 0 Å². The summed E-state index contributed by atoms with van der Waals surface area (Å²) in [7, 11) is 0. The lowest BCUT2D eigenvalue weighted by Crippen LogP contribution is -2.47. The average Bonchev–Trinajstić information content (AvgIpc) is 2.57. The second kappa shape index (κ2) is 9.51. The minimum Gasteiger partial charge on any atom is -0.352 e. The Bertz CT molecular complexity index is 620. The molecule has 6 heteroatoms. The minimum absolute atomic E-state index is 0.0228. The first kappa shape index (κ1) is 20.9. The normalized spacial score (nSPS) is 20.5. The van der Waals surface area contributed by atoms with Gasteiger partial charge in [-0.05, 0) is 70.6 Å². The number of benzene rings is 1. The fraction of sp³-hybridized carbons (Fsp3) is 0.600. The number of rotatable bonds is 6. The molecular weight excluding hydrogens is 394 g/mol. The summed E-state index contributed by atoms with van der Waals surface area (Å²) in [5, 5.41) is 9.37. The van der Waals surface area contributed by atoms with Gasteiger partial charge in [0.05, 0.1) is 6.54 Å². The van der Waals surface area contributed by atoms with Crippen molar-refractivity contribution >= 4 is 27.7 Å². The van der Waals surface area contributed by atoms with Gasteiger partial charge >= 0.3 is 0 Å². The van der Waals surface area contributed by atoms with Gasteiger partial charge < -0.3 is 16.0 Å². The monoisotopic (exact) mass is 423 g/mol. The highest BCUT2D eigenvalue weighted by molar-refractivity contribution is 9.10. The molecule has 2 rings (SSSR count). The van der Waals surface area contributed by atoms with Crippen molar-refractivity contribution in [2.24, 2.45) is 5.92 Å². The zero-order chi connectivity index (χ0) is 19.2. The lowest BCUT2D eigenvalue weighted by atomic mass is 9.86. The Balaban J connectivity index is 1.65. The van der Waals surface area contributed by atoms with Crippen molar-refractivity contribution in [2.45, 2.75) is 58.0 Å². The molecule has 0 bridgehead atoms. The Morgan fingerprint density at radius 3 is 2.46 bits per heavy atom. The van der Waals surface area contributed by atoms with Crippen molar-refractivity contribution in [1.82, 2.24) is 16.0 Å². The molecule has 0 aliphatic heterocycles. The van der Waals surface area contributed by atoms with Crippen LogP contribution in [0.4, 0.5) is 0 Å². The van der Waals surface area contributed by atoms with Crippen LogP contribution < -0.4 is 16.0 Å². The van der Waals surface area contributed by atoms with Crippen molar-refractivity contribution in [1.29, 1.82) is 0 Å². The zero-order valence-electron chi connectivity index (χ0n) is 15.9. The summed E-state index contributed by atoms with van der Waals surface area (Å²) >= 11 is 3.39. The molecule has 1 fully saturated rings. The van der Waals surface area contributed by atoms with Gasteiger partial charge in [0.2, 0.25) is 5.91 Å². The first-order valence-electron chi connectivity index (χ1n) is 9.31. The number of carbonyl (C=O) groups excluding carboxylic acids is 2. The number of amides is 2. The van der Waals surface area contributed by atoms with E-state index in [1.54, 1.807) is 0 Å². The van der Waals surface area contributed by atoms with Crippen LogP contribution >= 0.6 is 15.9 Å². The molecule has 0 heterocycles. The smallest absolute Gasteiger partial charge is 0.251 e. The van der Waals surface area contributed by atoms with Crippen LogP contribution in [0.1, 0.15) is 56.8 Å². The molecule has 0 spiro atoms. The molecule has 0 aromatic heterocycles. The van der Waals surface area contributed by atoms with Gasteiger partial charge in [-0.3, -0.25) is 9.59 Å². The molecular formula is C20H30BrN3O2. The van der Waals surface area contributed by atoms with Crippen LogP contribution in [-0.4, -0.2) is 36.5 Å². The van der Waals surface area contributed by atoms with E-state index in [9.17, 15) is 9.59 Å². The van der Waals surface area contributed by atoms with E-state index in [1.165, 1.54) is 0 Å². The van der Waals surface area contributed by atoms with Crippen molar-refractivity contribution in [3.63, 3.8) is 0 Å². The molecule has 1 aliphatic rings. The summed E-state index contributed by atoms with van der Waals surface area (Å²) in [5.74, 6) is 0.527. The van der Waals surface area contributed by atoms with Crippen LogP contribution in [0.25, 0.3) is 0 Å². The number of halogens is 1. The van der Waals surface area contributed by atoms with Crippen LogP contribution in [0.3, 0.4) is 0 Å². The lowest BCUT2D eigenvalue weighted by molar-refractivity contribution is -0.121. The minimum atomic E-state index is -0.191. The van der Waals surface area contributed by atoms with Gasteiger partial charge in [-0.25, -0.2) is 0 Å². The largest absolute Gasteiger partial charge is 0.352 e. The van der Waals surface area contributed by atoms with Crippen LogP contribution in [0.15, 0.2) is 28.7 Å². The topological polar surface area (TPSA) is 70.2 Å². The molecule has 3 N–H and O–H groups in total. The van der Waals surface area contributed by atoms with Crippen molar-refractivity contribution in [3.05, 3.63) is 34.3 Å². The predicted molar refractivity (Wildman–Crippen MR) is 108 cm³/mol. The molecule has 1 saturated carbocycles. The molecule has 26 heavy (non-hydrogen) atoms. The average molecular weight is 424 g/mol. The SMILES string of the molecule is CC(C)(C)NC(=O)CN[C@H]1CC[C@@H](CNC(=O)c2cccc(Br)c2)CC1. The van der Waals surface area contributed by atoms with Gasteiger partial charge in [-0.15, -0.1) is 0 Å². The van der Waals surface area contributed by atoms with E-state index < -0.39 is 0 Å². The fourth-order valence-corrected chi connectivity index (χ4v) is 3.64. The van der Waals surface area contributed by atoms with Crippen LogP contribution in [0, 0.1) is 5.92 Å². The Labute approximate surface area is 164 Å². The molecule has 0 radical (unpaired) electrons.